The molecule has 0 aromatic heterocycles. The van der Waals surface area contributed by atoms with Crippen LogP contribution in [0.5, 0.6) is 5.75 Å². The van der Waals surface area contributed by atoms with Gasteiger partial charge in [0.2, 0.25) is 0 Å². The van der Waals surface area contributed by atoms with Crippen LogP contribution in [0.25, 0.3) is 0 Å². The highest BCUT2D eigenvalue weighted by Crippen LogP contribution is 2.23. The lowest BCUT2D eigenvalue weighted by molar-refractivity contribution is -0.0499. The molecular weight excluding hydrogens is 272 g/mol. The fourth-order valence-corrected chi connectivity index (χ4v) is 2.27. The average Bonchev–Trinajstić information content (AvgIpc) is 2.47. The molecule has 0 heterocycles. The van der Waals surface area contributed by atoms with Crippen molar-refractivity contribution in [1.29, 1.82) is 0 Å². The standard InChI is InChI=1S/C17H19F2NO/c1-12(14-7-4-3-5-8-14)20-13(2)15-9-6-10-16(11-15)21-17(18)19/h3-13,17,20H,1-2H3. The van der Waals surface area contributed by atoms with Crippen molar-refractivity contribution in [3.05, 3.63) is 65.7 Å². The predicted molar refractivity (Wildman–Crippen MR) is 79.5 cm³/mol. The molecule has 0 aliphatic rings. The first kappa shape index (κ1) is 15.4. The molecule has 112 valence electrons. The molecule has 0 saturated carbocycles. The Morgan fingerprint density at radius 1 is 0.857 bits per heavy atom. The minimum absolute atomic E-state index is 0.0291. The fourth-order valence-electron chi connectivity index (χ4n) is 2.27. The molecule has 0 aliphatic heterocycles. The van der Waals surface area contributed by atoms with Gasteiger partial charge in [0.15, 0.2) is 0 Å². The summed E-state index contributed by atoms with van der Waals surface area (Å²) >= 11 is 0. The van der Waals surface area contributed by atoms with Crippen LogP contribution in [0.4, 0.5) is 8.78 Å². The Bertz CT molecular complexity index is 560. The van der Waals surface area contributed by atoms with E-state index in [1.165, 1.54) is 11.6 Å². The highest BCUT2D eigenvalue weighted by atomic mass is 19.3. The number of ether oxygens (including phenoxy) is 1. The maximum Gasteiger partial charge on any atom is 0.387 e. The minimum atomic E-state index is -2.80. The summed E-state index contributed by atoms with van der Waals surface area (Å²) in [6.45, 7) is 1.28. The molecule has 2 atom stereocenters. The van der Waals surface area contributed by atoms with E-state index in [4.69, 9.17) is 0 Å². The molecule has 2 nitrogen and oxygen atoms in total. The molecule has 1 N–H and O–H groups in total. The molecular formula is C17H19F2NO. The van der Waals surface area contributed by atoms with E-state index in [0.717, 1.165) is 5.56 Å². The van der Waals surface area contributed by atoms with Gasteiger partial charge in [-0.15, -0.1) is 0 Å². The van der Waals surface area contributed by atoms with Gasteiger partial charge in [-0.05, 0) is 37.1 Å². The summed E-state index contributed by atoms with van der Waals surface area (Å²) in [6, 6.07) is 17.1. The fraction of sp³-hybridized carbons (Fsp3) is 0.294. The summed E-state index contributed by atoms with van der Waals surface area (Å²) < 4.78 is 28.9. The Hall–Kier alpha value is -1.94. The van der Waals surface area contributed by atoms with Crippen molar-refractivity contribution < 1.29 is 13.5 Å². The van der Waals surface area contributed by atoms with Gasteiger partial charge in [-0.3, -0.25) is 0 Å². The van der Waals surface area contributed by atoms with Crippen molar-refractivity contribution >= 4 is 0 Å². The second-order valence-corrected chi connectivity index (χ2v) is 4.97. The zero-order chi connectivity index (χ0) is 15.2. The Kier molecular flexibility index (Phi) is 5.28. The van der Waals surface area contributed by atoms with Gasteiger partial charge in [-0.2, -0.15) is 8.78 Å². The van der Waals surface area contributed by atoms with Gasteiger partial charge >= 0.3 is 6.61 Å². The summed E-state index contributed by atoms with van der Waals surface area (Å²) in [5.74, 6) is 0.184. The van der Waals surface area contributed by atoms with E-state index in [1.54, 1.807) is 12.1 Å². The molecule has 0 spiro atoms. The van der Waals surface area contributed by atoms with Crippen LogP contribution in [0.3, 0.4) is 0 Å². The van der Waals surface area contributed by atoms with Crippen LogP contribution >= 0.6 is 0 Å². The first-order valence-corrected chi connectivity index (χ1v) is 6.92. The molecule has 2 unspecified atom stereocenters. The van der Waals surface area contributed by atoms with Gasteiger partial charge < -0.3 is 10.1 Å². The Morgan fingerprint density at radius 2 is 1.48 bits per heavy atom. The summed E-state index contributed by atoms with van der Waals surface area (Å²) in [4.78, 5) is 0. The topological polar surface area (TPSA) is 21.3 Å². The molecule has 21 heavy (non-hydrogen) atoms. The predicted octanol–water partition coefficient (Wildman–Crippen LogP) is 4.70. The first-order valence-electron chi connectivity index (χ1n) is 6.92. The molecule has 0 amide bonds. The van der Waals surface area contributed by atoms with Crippen LogP contribution in [0, 0.1) is 0 Å². The van der Waals surface area contributed by atoms with Crippen LogP contribution < -0.4 is 10.1 Å². The number of rotatable bonds is 6. The second-order valence-electron chi connectivity index (χ2n) is 4.97. The van der Waals surface area contributed by atoms with Crippen LogP contribution in [-0.2, 0) is 0 Å². The first-order chi connectivity index (χ1) is 10.1. The molecule has 0 bridgehead atoms. The van der Waals surface area contributed by atoms with E-state index in [0.29, 0.717) is 0 Å². The lowest BCUT2D eigenvalue weighted by Crippen LogP contribution is -2.22. The van der Waals surface area contributed by atoms with Crippen LogP contribution in [-0.4, -0.2) is 6.61 Å². The van der Waals surface area contributed by atoms with E-state index < -0.39 is 6.61 Å². The van der Waals surface area contributed by atoms with Crippen molar-refractivity contribution in [1.82, 2.24) is 5.32 Å². The molecule has 2 aromatic rings. The summed E-state index contributed by atoms with van der Waals surface area (Å²) in [5, 5.41) is 3.45. The number of halogens is 2. The van der Waals surface area contributed by atoms with Crippen molar-refractivity contribution in [3.8, 4) is 5.75 Å². The number of hydrogen-bond donors (Lipinski definition) is 1. The number of nitrogens with one attached hydrogen (secondary N) is 1. The van der Waals surface area contributed by atoms with Gasteiger partial charge in [0.1, 0.15) is 5.75 Å². The highest BCUT2D eigenvalue weighted by molar-refractivity contribution is 5.30. The number of hydrogen-bond acceptors (Lipinski definition) is 2. The van der Waals surface area contributed by atoms with E-state index in [-0.39, 0.29) is 17.8 Å². The quantitative estimate of drug-likeness (QED) is 0.833. The van der Waals surface area contributed by atoms with E-state index in [9.17, 15) is 8.78 Å². The van der Waals surface area contributed by atoms with Crippen molar-refractivity contribution in [2.45, 2.75) is 32.5 Å². The maximum absolute atomic E-state index is 12.2. The Balaban J connectivity index is 2.04. The number of alkyl halides is 2. The van der Waals surface area contributed by atoms with Gasteiger partial charge in [0, 0.05) is 12.1 Å². The second kappa shape index (κ2) is 7.18. The minimum Gasteiger partial charge on any atom is -0.435 e. The molecule has 0 aliphatic carbocycles. The van der Waals surface area contributed by atoms with Gasteiger partial charge in [0.25, 0.3) is 0 Å². The molecule has 4 heteroatoms. The van der Waals surface area contributed by atoms with Gasteiger partial charge in [-0.25, -0.2) is 0 Å². The molecule has 2 rings (SSSR count). The van der Waals surface area contributed by atoms with Crippen molar-refractivity contribution in [2.75, 3.05) is 0 Å². The monoisotopic (exact) mass is 291 g/mol. The van der Waals surface area contributed by atoms with E-state index in [2.05, 4.69) is 29.1 Å². The zero-order valence-electron chi connectivity index (χ0n) is 12.1. The normalized spacial score (nSPS) is 14.0. The van der Waals surface area contributed by atoms with E-state index >= 15 is 0 Å². The van der Waals surface area contributed by atoms with E-state index in [1.807, 2.05) is 31.2 Å². The number of benzene rings is 2. The van der Waals surface area contributed by atoms with Crippen LogP contribution in [0.15, 0.2) is 54.6 Å². The largest absolute Gasteiger partial charge is 0.435 e. The molecule has 0 fully saturated rings. The SMILES string of the molecule is CC(NC(C)c1cccc(OC(F)F)c1)c1ccccc1. The third kappa shape index (κ3) is 4.53. The maximum atomic E-state index is 12.2. The van der Waals surface area contributed by atoms with Crippen molar-refractivity contribution in [3.63, 3.8) is 0 Å². The van der Waals surface area contributed by atoms with Crippen LogP contribution in [0.2, 0.25) is 0 Å². The highest BCUT2D eigenvalue weighted by Gasteiger charge is 2.12. The lowest BCUT2D eigenvalue weighted by atomic mass is 10.0. The Morgan fingerprint density at radius 3 is 2.14 bits per heavy atom. The lowest BCUT2D eigenvalue weighted by Gasteiger charge is -2.21. The zero-order valence-corrected chi connectivity index (χ0v) is 12.1. The summed E-state index contributed by atoms with van der Waals surface area (Å²) in [7, 11) is 0. The summed E-state index contributed by atoms with van der Waals surface area (Å²) in [5.41, 5.74) is 2.10. The summed E-state index contributed by atoms with van der Waals surface area (Å²) in [6.07, 6.45) is 0. The molecule has 0 saturated heterocycles. The third-order valence-electron chi connectivity index (χ3n) is 3.38. The Labute approximate surface area is 123 Å². The van der Waals surface area contributed by atoms with Gasteiger partial charge in [-0.1, -0.05) is 42.5 Å². The van der Waals surface area contributed by atoms with Crippen molar-refractivity contribution in [2.24, 2.45) is 0 Å². The average molecular weight is 291 g/mol. The third-order valence-corrected chi connectivity index (χ3v) is 3.38. The molecule has 0 radical (unpaired) electrons. The smallest absolute Gasteiger partial charge is 0.387 e. The molecule has 2 aromatic carbocycles. The van der Waals surface area contributed by atoms with Crippen LogP contribution in [0.1, 0.15) is 37.1 Å². The van der Waals surface area contributed by atoms with Gasteiger partial charge in [0.05, 0.1) is 0 Å².